The minimum absolute atomic E-state index is 0.699. The third-order valence-electron chi connectivity index (χ3n) is 3.00. The van der Waals surface area contributed by atoms with E-state index in [1.807, 2.05) is 36.8 Å². The molecule has 5 heteroatoms. The number of rotatable bonds is 4. The van der Waals surface area contributed by atoms with Gasteiger partial charge in [-0.05, 0) is 28.1 Å². The fraction of sp³-hybridized carbons (Fsp3) is 0.0667. The van der Waals surface area contributed by atoms with Gasteiger partial charge in [0.25, 0.3) is 0 Å². The lowest BCUT2D eigenvalue weighted by Crippen LogP contribution is -1.99. The Morgan fingerprint density at radius 1 is 1.35 bits per heavy atom. The van der Waals surface area contributed by atoms with E-state index in [0.717, 1.165) is 26.6 Å². The minimum Gasteiger partial charge on any atom is -0.379 e. The van der Waals surface area contributed by atoms with Crippen LogP contribution in [0.3, 0.4) is 0 Å². The number of hydrogen-bond acceptors (Lipinski definition) is 3. The molecule has 2 aromatic heterocycles. The highest BCUT2D eigenvalue weighted by molar-refractivity contribution is 9.10. The molecule has 0 bridgehead atoms. The standard InChI is InChI=1S/C15H13BrN4/c1-2-20-10-11(8-19-20)7-17-14-5-3-4-12-6-13(16)9-18-15(12)14/h2-6,8-10,17H,1,7H2. The van der Waals surface area contributed by atoms with Gasteiger partial charge in [0, 0.05) is 40.6 Å². The number of hydrogen-bond donors (Lipinski definition) is 1. The van der Waals surface area contributed by atoms with Crippen LogP contribution in [-0.4, -0.2) is 14.8 Å². The molecule has 100 valence electrons. The lowest BCUT2D eigenvalue weighted by molar-refractivity contribution is 0.936. The molecule has 0 radical (unpaired) electrons. The zero-order valence-corrected chi connectivity index (χ0v) is 12.3. The van der Waals surface area contributed by atoms with Crippen LogP contribution in [0.1, 0.15) is 5.56 Å². The third kappa shape index (κ3) is 2.58. The summed E-state index contributed by atoms with van der Waals surface area (Å²) in [6.45, 7) is 4.38. The average Bonchev–Trinajstić information content (AvgIpc) is 2.92. The first-order valence-corrected chi connectivity index (χ1v) is 6.99. The van der Waals surface area contributed by atoms with Crippen LogP contribution in [0.4, 0.5) is 5.69 Å². The molecule has 0 saturated heterocycles. The zero-order chi connectivity index (χ0) is 13.9. The summed E-state index contributed by atoms with van der Waals surface area (Å²) in [4.78, 5) is 4.47. The van der Waals surface area contributed by atoms with E-state index in [2.05, 4.69) is 44.0 Å². The van der Waals surface area contributed by atoms with Gasteiger partial charge in [-0.2, -0.15) is 5.10 Å². The van der Waals surface area contributed by atoms with Gasteiger partial charge in [0.05, 0.1) is 17.4 Å². The molecule has 0 aliphatic rings. The lowest BCUT2D eigenvalue weighted by Gasteiger charge is -2.08. The number of para-hydroxylation sites is 1. The maximum absolute atomic E-state index is 4.47. The highest BCUT2D eigenvalue weighted by Gasteiger charge is 2.03. The Bertz CT molecular complexity index is 763. The van der Waals surface area contributed by atoms with Crippen molar-refractivity contribution >= 4 is 38.7 Å². The molecule has 20 heavy (non-hydrogen) atoms. The SMILES string of the molecule is C=Cn1cc(CNc2cccc3cc(Br)cnc23)cn1. The van der Waals surface area contributed by atoms with Gasteiger partial charge >= 0.3 is 0 Å². The fourth-order valence-corrected chi connectivity index (χ4v) is 2.39. The van der Waals surface area contributed by atoms with Crippen LogP contribution < -0.4 is 5.32 Å². The molecule has 2 heterocycles. The Hall–Kier alpha value is -2.14. The van der Waals surface area contributed by atoms with Crippen molar-refractivity contribution in [3.63, 3.8) is 0 Å². The van der Waals surface area contributed by atoms with E-state index in [1.54, 1.807) is 10.9 Å². The fourth-order valence-electron chi connectivity index (χ4n) is 2.04. The number of fused-ring (bicyclic) bond motifs is 1. The van der Waals surface area contributed by atoms with E-state index >= 15 is 0 Å². The first-order chi connectivity index (χ1) is 9.76. The molecule has 4 nitrogen and oxygen atoms in total. The first kappa shape index (κ1) is 12.9. The van der Waals surface area contributed by atoms with Crippen LogP contribution in [0.5, 0.6) is 0 Å². The normalized spacial score (nSPS) is 10.7. The Kier molecular flexibility index (Phi) is 3.52. The second kappa shape index (κ2) is 5.46. The number of pyridine rings is 1. The summed E-state index contributed by atoms with van der Waals surface area (Å²) in [5.41, 5.74) is 3.08. The molecule has 0 saturated carbocycles. The van der Waals surface area contributed by atoms with Crippen LogP contribution in [0.2, 0.25) is 0 Å². The molecular weight excluding hydrogens is 316 g/mol. The number of nitrogens with one attached hydrogen (secondary N) is 1. The lowest BCUT2D eigenvalue weighted by atomic mass is 10.2. The minimum atomic E-state index is 0.699. The van der Waals surface area contributed by atoms with Crippen molar-refractivity contribution in [1.29, 1.82) is 0 Å². The van der Waals surface area contributed by atoms with Crippen molar-refractivity contribution in [1.82, 2.24) is 14.8 Å². The molecule has 3 rings (SSSR count). The van der Waals surface area contributed by atoms with Crippen molar-refractivity contribution < 1.29 is 0 Å². The summed E-state index contributed by atoms with van der Waals surface area (Å²) in [7, 11) is 0. The predicted octanol–water partition coefficient (Wildman–Crippen LogP) is 3.91. The molecule has 0 amide bonds. The highest BCUT2D eigenvalue weighted by atomic mass is 79.9. The van der Waals surface area contributed by atoms with E-state index in [-0.39, 0.29) is 0 Å². The molecular formula is C15H13BrN4. The van der Waals surface area contributed by atoms with Crippen molar-refractivity contribution in [2.75, 3.05) is 5.32 Å². The van der Waals surface area contributed by atoms with Crippen molar-refractivity contribution in [2.24, 2.45) is 0 Å². The largest absolute Gasteiger partial charge is 0.379 e. The summed E-state index contributed by atoms with van der Waals surface area (Å²) in [5.74, 6) is 0. The third-order valence-corrected chi connectivity index (χ3v) is 3.44. The van der Waals surface area contributed by atoms with Crippen LogP contribution in [0.15, 0.2) is 53.9 Å². The summed E-state index contributed by atoms with van der Waals surface area (Å²) >= 11 is 3.44. The molecule has 1 aromatic carbocycles. The van der Waals surface area contributed by atoms with Gasteiger partial charge in [0.2, 0.25) is 0 Å². The second-order valence-corrected chi connectivity index (χ2v) is 5.31. The zero-order valence-electron chi connectivity index (χ0n) is 10.8. The summed E-state index contributed by atoms with van der Waals surface area (Å²) in [6.07, 6.45) is 7.24. The molecule has 0 aliphatic heterocycles. The van der Waals surface area contributed by atoms with Crippen LogP contribution in [-0.2, 0) is 6.54 Å². The average molecular weight is 329 g/mol. The second-order valence-electron chi connectivity index (χ2n) is 4.40. The Morgan fingerprint density at radius 3 is 3.05 bits per heavy atom. The number of benzene rings is 1. The molecule has 0 fully saturated rings. The van der Waals surface area contributed by atoms with E-state index in [4.69, 9.17) is 0 Å². The van der Waals surface area contributed by atoms with Gasteiger partial charge in [-0.1, -0.05) is 18.7 Å². The molecule has 0 aliphatic carbocycles. The van der Waals surface area contributed by atoms with Gasteiger partial charge in [-0.3, -0.25) is 4.98 Å². The molecule has 0 unspecified atom stereocenters. The van der Waals surface area contributed by atoms with Crippen molar-refractivity contribution in [3.05, 3.63) is 59.5 Å². The molecule has 3 aromatic rings. The number of halogens is 1. The van der Waals surface area contributed by atoms with E-state index in [1.165, 1.54) is 0 Å². The molecule has 0 atom stereocenters. The van der Waals surface area contributed by atoms with Crippen LogP contribution >= 0.6 is 15.9 Å². The quantitative estimate of drug-likeness (QED) is 0.789. The van der Waals surface area contributed by atoms with Gasteiger partial charge < -0.3 is 5.32 Å². The smallest absolute Gasteiger partial charge is 0.0934 e. The summed E-state index contributed by atoms with van der Waals surface area (Å²) in [5, 5.41) is 8.66. The van der Waals surface area contributed by atoms with Gasteiger partial charge in [0.15, 0.2) is 0 Å². The van der Waals surface area contributed by atoms with E-state index in [9.17, 15) is 0 Å². The molecule has 1 N–H and O–H groups in total. The maximum Gasteiger partial charge on any atom is 0.0934 e. The Morgan fingerprint density at radius 2 is 2.25 bits per heavy atom. The first-order valence-electron chi connectivity index (χ1n) is 6.20. The topological polar surface area (TPSA) is 42.7 Å². The van der Waals surface area contributed by atoms with Crippen molar-refractivity contribution in [3.8, 4) is 0 Å². The maximum atomic E-state index is 4.47. The number of nitrogens with zero attached hydrogens (tertiary/aromatic N) is 3. The van der Waals surface area contributed by atoms with Crippen LogP contribution in [0, 0.1) is 0 Å². The highest BCUT2D eigenvalue weighted by Crippen LogP contribution is 2.24. The van der Waals surface area contributed by atoms with Crippen molar-refractivity contribution in [2.45, 2.75) is 6.54 Å². The van der Waals surface area contributed by atoms with E-state index in [0.29, 0.717) is 6.54 Å². The Labute approximate surface area is 125 Å². The van der Waals surface area contributed by atoms with E-state index < -0.39 is 0 Å². The number of anilines is 1. The summed E-state index contributed by atoms with van der Waals surface area (Å²) in [6, 6.07) is 8.16. The predicted molar refractivity (Wildman–Crippen MR) is 85.4 cm³/mol. The van der Waals surface area contributed by atoms with Gasteiger partial charge in [-0.15, -0.1) is 0 Å². The Balaban J connectivity index is 1.85. The van der Waals surface area contributed by atoms with Crippen LogP contribution in [0.25, 0.3) is 17.1 Å². The van der Waals surface area contributed by atoms with Gasteiger partial charge in [-0.25, -0.2) is 4.68 Å². The molecule has 0 spiro atoms. The summed E-state index contributed by atoms with van der Waals surface area (Å²) < 4.78 is 2.67. The number of aromatic nitrogens is 3. The monoisotopic (exact) mass is 328 g/mol. The van der Waals surface area contributed by atoms with Gasteiger partial charge in [0.1, 0.15) is 0 Å².